The van der Waals surface area contributed by atoms with Crippen molar-refractivity contribution in [1.29, 1.82) is 0 Å². The maximum absolute atomic E-state index is 10.9. The van der Waals surface area contributed by atoms with Gasteiger partial charge in [-0.25, -0.2) is 4.79 Å². The van der Waals surface area contributed by atoms with Gasteiger partial charge in [-0.2, -0.15) is 0 Å². The Morgan fingerprint density at radius 1 is 1.44 bits per heavy atom. The molecule has 0 atom stereocenters. The van der Waals surface area contributed by atoms with E-state index < -0.39 is 5.97 Å². The molecule has 1 N–H and O–H groups in total. The van der Waals surface area contributed by atoms with E-state index in [1.807, 2.05) is 6.92 Å². The van der Waals surface area contributed by atoms with Gasteiger partial charge >= 0.3 is 5.97 Å². The fourth-order valence-electron chi connectivity index (χ4n) is 1.30. The number of hydrogen-bond acceptors (Lipinski definition) is 6. The van der Waals surface area contributed by atoms with Crippen LogP contribution in [0.2, 0.25) is 0 Å². The summed E-state index contributed by atoms with van der Waals surface area (Å²) in [6, 6.07) is 1.36. The van der Waals surface area contributed by atoms with Crippen molar-refractivity contribution in [2.45, 2.75) is 20.0 Å². The van der Waals surface area contributed by atoms with Crippen molar-refractivity contribution in [3.8, 4) is 5.75 Å². The van der Waals surface area contributed by atoms with Crippen LogP contribution in [0.4, 0.5) is 0 Å². The number of aryl methyl sites for hydroxylation is 1. The van der Waals surface area contributed by atoms with Gasteiger partial charge in [-0.1, -0.05) is 6.92 Å². The van der Waals surface area contributed by atoms with Crippen LogP contribution in [-0.2, 0) is 13.0 Å². The summed E-state index contributed by atoms with van der Waals surface area (Å²) in [6.07, 6.45) is 3.36. The number of nitrogens with zero attached hydrogens (tertiary/aromatic N) is 3. The first-order valence-corrected chi connectivity index (χ1v) is 5.32. The first-order valence-electron chi connectivity index (χ1n) is 5.32. The number of hydrogen-bond donors (Lipinski definition) is 1. The highest BCUT2D eigenvalue weighted by molar-refractivity contribution is 5.90. The highest BCUT2D eigenvalue weighted by atomic mass is 16.5. The third kappa shape index (κ3) is 2.62. The molecule has 0 aliphatic rings. The van der Waals surface area contributed by atoms with E-state index in [2.05, 4.69) is 15.2 Å². The second kappa shape index (κ2) is 5.26. The van der Waals surface area contributed by atoms with Gasteiger partial charge in [0.15, 0.2) is 12.4 Å². The van der Waals surface area contributed by atoms with E-state index in [1.54, 1.807) is 0 Å². The Kier molecular flexibility index (Phi) is 3.52. The zero-order valence-electron chi connectivity index (χ0n) is 9.66. The maximum atomic E-state index is 10.9. The molecule has 0 saturated heterocycles. The minimum atomic E-state index is -1.08. The van der Waals surface area contributed by atoms with Crippen LogP contribution < -0.4 is 4.74 Å². The highest BCUT2D eigenvalue weighted by Crippen LogP contribution is 2.17. The van der Waals surface area contributed by atoms with Crippen LogP contribution in [0.5, 0.6) is 5.75 Å². The van der Waals surface area contributed by atoms with Crippen molar-refractivity contribution in [3.05, 3.63) is 35.8 Å². The number of carboxylic acids is 1. The number of carboxylic acid groups (broad SMARTS) is 1. The van der Waals surface area contributed by atoms with E-state index in [4.69, 9.17) is 14.3 Å². The second-order valence-electron chi connectivity index (χ2n) is 3.41. The number of rotatable bonds is 5. The van der Waals surface area contributed by atoms with Gasteiger partial charge in [0.1, 0.15) is 5.56 Å². The molecule has 0 spiro atoms. The molecule has 2 heterocycles. The summed E-state index contributed by atoms with van der Waals surface area (Å²) in [5, 5.41) is 16.5. The lowest BCUT2D eigenvalue weighted by molar-refractivity contribution is 0.0691. The quantitative estimate of drug-likeness (QED) is 0.852. The lowest BCUT2D eigenvalue weighted by Gasteiger charge is -2.05. The van der Waals surface area contributed by atoms with Crippen LogP contribution in [0, 0.1) is 0 Å². The molecular weight excluding hydrogens is 238 g/mol. The van der Waals surface area contributed by atoms with Crippen molar-refractivity contribution < 1.29 is 19.1 Å². The molecule has 0 bridgehead atoms. The number of aromatic carboxylic acids is 1. The van der Waals surface area contributed by atoms with Crippen LogP contribution in [0.1, 0.15) is 29.1 Å². The smallest absolute Gasteiger partial charge is 0.339 e. The minimum absolute atomic E-state index is 0.0129. The van der Waals surface area contributed by atoms with Crippen LogP contribution >= 0.6 is 0 Å². The van der Waals surface area contributed by atoms with E-state index >= 15 is 0 Å². The Balaban J connectivity index is 2.08. The number of aromatic nitrogens is 3. The molecule has 0 aliphatic carbocycles. The predicted molar refractivity (Wildman–Crippen MR) is 59.2 cm³/mol. The Labute approximate surface area is 102 Å². The largest absolute Gasteiger partial charge is 0.481 e. The van der Waals surface area contributed by atoms with Gasteiger partial charge in [0.2, 0.25) is 5.89 Å². The van der Waals surface area contributed by atoms with Gasteiger partial charge in [0.05, 0.1) is 6.20 Å². The molecular formula is C11H11N3O4. The first kappa shape index (κ1) is 12.0. The number of carbonyl (C=O) groups is 1. The van der Waals surface area contributed by atoms with Gasteiger partial charge in [0, 0.05) is 12.6 Å². The van der Waals surface area contributed by atoms with Gasteiger partial charge in [-0.3, -0.25) is 4.98 Å². The van der Waals surface area contributed by atoms with E-state index in [-0.39, 0.29) is 17.9 Å². The Morgan fingerprint density at radius 2 is 2.22 bits per heavy atom. The van der Waals surface area contributed by atoms with Crippen LogP contribution in [-0.4, -0.2) is 26.3 Å². The fourth-order valence-corrected chi connectivity index (χ4v) is 1.30. The first-order chi connectivity index (χ1) is 8.70. The molecule has 7 heteroatoms. The minimum Gasteiger partial charge on any atom is -0.481 e. The summed E-state index contributed by atoms with van der Waals surface area (Å²) in [5.74, 6) is -0.0984. The number of pyridine rings is 1. The highest BCUT2D eigenvalue weighted by Gasteiger charge is 2.12. The molecule has 94 valence electrons. The third-order valence-electron chi connectivity index (χ3n) is 2.18. The van der Waals surface area contributed by atoms with Gasteiger partial charge in [0.25, 0.3) is 5.89 Å². The summed E-state index contributed by atoms with van der Waals surface area (Å²) in [7, 11) is 0. The monoisotopic (exact) mass is 249 g/mol. The summed E-state index contributed by atoms with van der Waals surface area (Å²) < 4.78 is 10.5. The van der Waals surface area contributed by atoms with Gasteiger partial charge in [-0.05, 0) is 6.07 Å². The van der Waals surface area contributed by atoms with Crippen molar-refractivity contribution in [2.75, 3.05) is 0 Å². The molecule has 0 amide bonds. The zero-order valence-corrected chi connectivity index (χ0v) is 9.66. The van der Waals surface area contributed by atoms with Crippen molar-refractivity contribution >= 4 is 5.97 Å². The molecule has 0 radical (unpaired) electrons. The summed E-state index contributed by atoms with van der Waals surface area (Å²) >= 11 is 0. The topological polar surface area (TPSA) is 98.3 Å². The molecule has 0 saturated carbocycles. The zero-order chi connectivity index (χ0) is 13.0. The summed E-state index contributed by atoms with van der Waals surface area (Å²) in [4.78, 5) is 14.7. The molecule has 18 heavy (non-hydrogen) atoms. The van der Waals surface area contributed by atoms with Crippen LogP contribution in [0.25, 0.3) is 0 Å². The average molecular weight is 249 g/mol. The lowest BCUT2D eigenvalue weighted by atomic mass is 10.2. The molecule has 0 aromatic carbocycles. The molecule has 2 aromatic rings. The third-order valence-corrected chi connectivity index (χ3v) is 2.18. The number of ether oxygens (including phenoxy) is 1. The molecule has 0 fully saturated rings. The van der Waals surface area contributed by atoms with E-state index in [0.717, 1.165) is 0 Å². The van der Waals surface area contributed by atoms with Crippen molar-refractivity contribution in [2.24, 2.45) is 0 Å². The summed E-state index contributed by atoms with van der Waals surface area (Å²) in [5.41, 5.74) is 0.0419. The lowest BCUT2D eigenvalue weighted by Crippen LogP contribution is -2.04. The molecule has 2 rings (SSSR count). The molecule has 2 aromatic heterocycles. The second-order valence-corrected chi connectivity index (χ2v) is 3.41. The van der Waals surface area contributed by atoms with E-state index in [9.17, 15) is 4.79 Å². The maximum Gasteiger partial charge on any atom is 0.339 e. The normalized spacial score (nSPS) is 10.3. The molecule has 7 nitrogen and oxygen atoms in total. The van der Waals surface area contributed by atoms with Crippen molar-refractivity contribution in [3.63, 3.8) is 0 Å². The van der Waals surface area contributed by atoms with Crippen molar-refractivity contribution in [1.82, 2.24) is 15.2 Å². The average Bonchev–Trinajstić information content (AvgIpc) is 2.84. The molecule has 0 aliphatic heterocycles. The summed E-state index contributed by atoms with van der Waals surface area (Å²) in [6.45, 7) is 1.90. The van der Waals surface area contributed by atoms with E-state index in [0.29, 0.717) is 18.2 Å². The molecule has 0 unspecified atom stereocenters. The Bertz CT molecular complexity index is 553. The fraction of sp³-hybridized carbons (Fsp3) is 0.273. The Morgan fingerprint density at radius 3 is 2.89 bits per heavy atom. The van der Waals surface area contributed by atoms with Gasteiger partial charge < -0.3 is 14.3 Å². The standard InChI is InChI=1S/C11H11N3O4/c1-2-9-13-14-10(18-9)6-17-8-5-12-4-3-7(8)11(15)16/h3-5H,2,6H2,1H3,(H,15,16). The SMILES string of the molecule is CCc1nnc(COc2cnccc2C(=O)O)o1. The Hall–Kier alpha value is -2.44. The van der Waals surface area contributed by atoms with E-state index in [1.165, 1.54) is 18.5 Å². The predicted octanol–water partition coefficient (Wildman–Crippen LogP) is 1.30. The van der Waals surface area contributed by atoms with Crippen LogP contribution in [0.3, 0.4) is 0 Å². The van der Waals surface area contributed by atoms with Gasteiger partial charge in [-0.15, -0.1) is 10.2 Å². The van der Waals surface area contributed by atoms with Crippen LogP contribution in [0.15, 0.2) is 22.9 Å².